The third kappa shape index (κ3) is 2.74. The molecule has 3 atom stereocenters. The predicted octanol–water partition coefficient (Wildman–Crippen LogP) is 1.16. The maximum Gasteiger partial charge on any atom is 0.230 e. The molecule has 1 fully saturated rings. The quantitative estimate of drug-likeness (QED) is 0.861. The van der Waals surface area contributed by atoms with E-state index in [4.69, 9.17) is 10.5 Å². The van der Waals surface area contributed by atoms with Crippen molar-refractivity contribution in [2.75, 3.05) is 13.2 Å². The second-order valence-corrected chi connectivity index (χ2v) is 6.23. The molecule has 3 unspecified atom stereocenters. The fourth-order valence-electron chi connectivity index (χ4n) is 2.09. The zero-order valence-corrected chi connectivity index (χ0v) is 11.6. The van der Waals surface area contributed by atoms with Crippen LogP contribution in [0.5, 0.6) is 0 Å². The van der Waals surface area contributed by atoms with Crippen LogP contribution >= 0.6 is 11.3 Å². The summed E-state index contributed by atoms with van der Waals surface area (Å²) in [6, 6.07) is 4.00. The molecule has 0 radical (unpaired) electrons. The van der Waals surface area contributed by atoms with E-state index in [0.717, 1.165) is 6.42 Å². The standard InChI is InChI=1S/C13H20N2O2S/c1-9(6-10-4-3-5-18-10)15-12(16)13(2)8-17-7-11(13)14/h3-5,9,11H,6-8,14H2,1-2H3,(H,15,16). The highest BCUT2D eigenvalue weighted by molar-refractivity contribution is 7.09. The summed E-state index contributed by atoms with van der Waals surface area (Å²) in [6.45, 7) is 4.76. The lowest BCUT2D eigenvalue weighted by Crippen LogP contribution is -2.52. The van der Waals surface area contributed by atoms with E-state index in [0.29, 0.717) is 13.2 Å². The summed E-state index contributed by atoms with van der Waals surface area (Å²) >= 11 is 1.71. The van der Waals surface area contributed by atoms with Crippen LogP contribution in [0, 0.1) is 5.41 Å². The summed E-state index contributed by atoms with van der Waals surface area (Å²) in [7, 11) is 0. The van der Waals surface area contributed by atoms with E-state index in [1.807, 2.05) is 25.3 Å². The van der Waals surface area contributed by atoms with Crippen molar-refractivity contribution in [2.24, 2.45) is 11.1 Å². The van der Waals surface area contributed by atoms with E-state index in [9.17, 15) is 4.79 Å². The Morgan fingerprint density at radius 1 is 1.78 bits per heavy atom. The van der Waals surface area contributed by atoms with Crippen LogP contribution in [0.3, 0.4) is 0 Å². The zero-order chi connectivity index (χ0) is 13.2. The second-order valence-electron chi connectivity index (χ2n) is 5.20. The summed E-state index contributed by atoms with van der Waals surface area (Å²) in [6.07, 6.45) is 0.857. The van der Waals surface area contributed by atoms with Crippen molar-refractivity contribution < 1.29 is 9.53 Å². The first-order chi connectivity index (χ1) is 8.52. The fraction of sp³-hybridized carbons (Fsp3) is 0.615. The average molecular weight is 268 g/mol. The van der Waals surface area contributed by atoms with Gasteiger partial charge < -0.3 is 15.8 Å². The van der Waals surface area contributed by atoms with Crippen LogP contribution in [0.2, 0.25) is 0 Å². The molecular weight excluding hydrogens is 248 g/mol. The molecule has 0 aromatic carbocycles. The molecule has 1 amide bonds. The molecule has 1 aliphatic heterocycles. The van der Waals surface area contributed by atoms with Crippen LogP contribution in [-0.2, 0) is 16.0 Å². The molecular formula is C13H20N2O2S. The van der Waals surface area contributed by atoms with E-state index in [2.05, 4.69) is 11.4 Å². The number of nitrogens with two attached hydrogens (primary N) is 1. The lowest BCUT2D eigenvalue weighted by molar-refractivity contribution is -0.131. The summed E-state index contributed by atoms with van der Waals surface area (Å²) in [5.41, 5.74) is 5.35. The van der Waals surface area contributed by atoms with Gasteiger partial charge in [-0.05, 0) is 25.3 Å². The van der Waals surface area contributed by atoms with Crippen molar-refractivity contribution >= 4 is 17.2 Å². The van der Waals surface area contributed by atoms with Gasteiger partial charge in [-0.1, -0.05) is 6.07 Å². The molecule has 5 heteroatoms. The van der Waals surface area contributed by atoms with Crippen molar-refractivity contribution in [1.29, 1.82) is 0 Å². The normalized spacial score (nSPS) is 29.2. The highest BCUT2D eigenvalue weighted by Crippen LogP contribution is 2.27. The second kappa shape index (κ2) is 5.38. The van der Waals surface area contributed by atoms with Gasteiger partial charge >= 0.3 is 0 Å². The smallest absolute Gasteiger partial charge is 0.230 e. The number of nitrogens with one attached hydrogen (secondary N) is 1. The van der Waals surface area contributed by atoms with E-state index >= 15 is 0 Å². The van der Waals surface area contributed by atoms with Crippen molar-refractivity contribution in [2.45, 2.75) is 32.4 Å². The number of hydrogen-bond acceptors (Lipinski definition) is 4. The number of carbonyl (C=O) groups is 1. The lowest BCUT2D eigenvalue weighted by Gasteiger charge is -2.27. The van der Waals surface area contributed by atoms with Gasteiger partial charge in [0.1, 0.15) is 0 Å². The first kappa shape index (κ1) is 13.5. The Morgan fingerprint density at radius 2 is 2.56 bits per heavy atom. The van der Waals surface area contributed by atoms with Gasteiger partial charge in [0.15, 0.2) is 0 Å². The Labute approximate surface area is 112 Å². The Kier molecular flexibility index (Phi) is 4.04. The largest absolute Gasteiger partial charge is 0.379 e. The molecule has 100 valence electrons. The Balaban J connectivity index is 1.91. The molecule has 2 heterocycles. The minimum atomic E-state index is -0.594. The third-order valence-electron chi connectivity index (χ3n) is 3.50. The molecule has 1 aromatic heterocycles. The summed E-state index contributed by atoms with van der Waals surface area (Å²) in [5, 5.41) is 5.09. The molecule has 0 saturated carbocycles. The van der Waals surface area contributed by atoms with Gasteiger partial charge in [0, 0.05) is 23.4 Å². The van der Waals surface area contributed by atoms with Crippen LogP contribution in [-0.4, -0.2) is 31.2 Å². The van der Waals surface area contributed by atoms with Crippen LogP contribution in [0.4, 0.5) is 0 Å². The van der Waals surface area contributed by atoms with Gasteiger partial charge in [0.2, 0.25) is 5.91 Å². The van der Waals surface area contributed by atoms with Gasteiger partial charge in [0.25, 0.3) is 0 Å². The summed E-state index contributed by atoms with van der Waals surface area (Å²) in [4.78, 5) is 13.5. The Hall–Kier alpha value is -0.910. The monoisotopic (exact) mass is 268 g/mol. The number of rotatable bonds is 4. The molecule has 4 nitrogen and oxygen atoms in total. The fourth-order valence-corrected chi connectivity index (χ4v) is 2.93. The molecule has 3 N–H and O–H groups in total. The van der Waals surface area contributed by atoms with Gasteiger partial charge in [-0.3, -0.25) is 4.79 Å². The first-order valence-electron chi connectivity index (χ1n) is 6.19. The highest BCUT2D eigenvalue weighted by atomic mass is 32.1. The van der Waals surface area contributed by atoms with Crippen molar-refractivity contribution in [1.82, 2.24) is 5.32 Å². The molecule has 1 aromatic rings. The maximum atomic E-state index is 12.2. The number of hydrogen-bond donors (Lipinski definition) is 2. The van der Waals surface area contributed by atoms with Gasteiger partial charge in [-0.25, -0.2) is 0 Å². The minimum Gasteiger partial charge on any atom is -0.379 e. The SMILES string of the molecule is CC(Cc1cccs1)NC(=O)C1(C)COCC1N. The predicted molar refractivity (Wildman–Crippen MR) is 72.5 cm³/mol. The summed E-state index contributed by atoms with van der Waals surface area (Å²) in [5.74, 6) is -0.00319. The minimum absolute atomic E-state index is 0.00319. The van der Waals surface area contributed by atoms with Crippen molar-refractivity contribution in [3.8, 4) is 0 Å². The molecule has 18 heavy (non-hydrogen) atoms. The number of thiophene rings is 1. The van der Waals surface area contributed by atoms with Gasteiger partial charge in [0.05, 0.1) is 18.6 Å². The third-order valence-corrected chi connectivity index (χ3v) is 4.40. The van der Waals surface area contributed by atoms with Crippen LogP contribution in [0.25, 0.3) is 0 Å². The average Bonchev–Trinajstić information content (AvgIpc) is 2.91. The molecule has 1 saturated heterocycles. The topological polar surface area (TPSA) is 64.3 Å². The maximum absolute atomic E-state index is 12.2. The van der Waals surface area contributed by atoms with Gasteiger partial charge in [-0.15, -0.1) is 11.3 Å². The van der Waals surface area contributed by atoms with Crippen molar-refractivity contribution in [3.63, 3.8) is 0 Å². The van der Waals surface area contributed by atoms with Crippen LogP contribution < -0.4 is 11.1 Å². The van der Waals surface area contributed by atoms with Gasteiger partial charge in [-0.2, -0.15) is 0 Å². The van der Waals surface area contributed by atoms with E-state index < -0.39 is 5.41 Å². The number of ether oxygens (including phenoxy) is 1. The highest BCUT2D eigenvalue weighted by Gasteiger charge is 2.44. The van der Waals surface area contributed by atoms with E-state index in [1.54, 1.807) is 11.3 Å². The molecule has 1 aliphatic rings. The first-order valence-corrected chi connectivity index (χ1v) is 7.07. The van der Waals surface area contributed by atoms with E-state index in [-0.39, 0.29) is 18.0 Å². The lowest BCUT2D eigenvalue weighted by atomic mass is 9.84. The Bertz CT molecular complexity index is 407. The number of amides is 1. The molecule has 0 aliphatic carbocycles. The molecule has 0 bridgehead atoms. The van der Waals surface area contributed by atoms with E-state index in [1.165, 1.54) is 4.88 Å². The molecule has 0 spiro atoms. The Morgan fingerprint density at radius 3 is 3.11 bits per heavy atom. The number of carbonyl (C=O) groups excluding carboxylic acids is 1. The van der Waals surface area contributed by atoms with Crippen LogP contribution in [0.1, 0.15) is 18.7 Å². The zero-order valence-electron chi connectivity index (χ0n) is 10.8. The summed E-state index contributed by atoms with van der Waals surface area (Å²) < 4.78 is 5.30. The van der Waals surface area contributed by atoms with Crippen molar-refractivity contribution in [3.05, 3.63) is 22.4 Å². The van der Waals surface area contributed by atoms with Crippen LogP contribution in [0.15, 0.2) is 17.5 Å². The molecule has 2 rings (SSSR count).